The van der Waals surface area contributed by atoms with E-state index in [-0.39, 0.29) is 5.38 Å². The number of allylic oxidation sites excluding steroid dienone is 2. The summed E-state index contributed by atoms with van der Waals surface area (Å²) in [6.07, 6.45) is 6.30. The molecule has 2 atom stereocenters. The van der Waals surface area contributed by atoms with Gasteiger partial charge < -0.3 is 5.32 Å². The second kappa shape index (κ2) is 4.59. The highest BCUT2D eigenvalue weighted by atomic mass is 35.5. The number of rotatable bonds is 3. The van der Waals surface area contributed by atoms with E-state index in [0.717, 1.165) is 18.4 Å². The largest absolute Gasteiger partial charge is 0.369 e. The molecule has 80 valence electrons. The molecule has 0 radical (unpaired) electrons. The molecular formula is C11H17Cl2N. The SMILES string of the molecule is CCCC1=CNC(C)(Cl)C(C(C)Cl)=C1. The Kier molecular flexibility index (Phi) is 3.91. The van der Waals surface area contributed by atoms with Crippen LogP contribution in [0.2, 0.25) is 0 Å². The Morgan fingerprint density at radius 2 is 2.21 bits per heavy atom. The summed E-state index contributed by atoms with van der Waals surface area (Å²) in [7, 11) is 0. The molecule has 0 bridgehead atoms. The number of alkyl halides is 2. The summed E-state index contributed by atoms with van der Waals surface area (Å²) in [6.45, 7) is 6.04. The van der Waals surface area contributed by atoms with Crippen molar-refractivity contribution in [3.8, 4) is 0 Å². The normalized spacial score (nSPS) is 28.9. The Labute approximate surface area is 96.2 Å². The number of dihydropyridines is 1. The van der Waals surface area contributed by atoms with Gasteiger partial charge in [0.2, 0.25) is 0 Å². The van der Waals surface area contributed by atoms with Gasteiger partial charge in [0.05, 0.1) is 5.38 Å². The van der Waals surface area contributed by atoms with Gasteiger partial charge in [-0.3, -0.25) is 0 Å². The lowest BCUT2D eigenvalue weighted by Gasteiger charge is -2.32. The fraction of sp³-hybridized carbons (Fsp3) is 0.636. The lowest BCUT2D eigenvalue weighted by molar-refractivity contribution is 0.616. The van der Waals surface area contributed by atoms with Crippen molar-refractivity contribution in [2.45, 2.75) is 44.0 Å². The minimum Gasteiger partial charge on any atom is -0.369 e. The van der Waals surface area contributed by atoms with Crippen molar-refractivity contribution in [3.63, 3.8) is 0 Å². The molecule has 1 nitrogen and oxygen atoms in total. The minimum atomic E-state index is -0.529. The smallest absolute Gasteiger partial charge is 0.132 e. The molecule has 0 spiro atoms. The zero-order chi connectivity index (χ0) is 10.8. The van der Waals surface area contributed by atoms with Gasteiger partial charge in [0, 0.05) is 6.20 Å². The molecule has 3 heteroatoms. The topological polar surface area (TPSA) is 12.0 Å². The number of halogens is 2. The molecule has 1 aliphatic heterocycles. The van der Waals surface area contributed by atoms with Crippen LogP contribution >= 0.6 is 23.2 Å². The summed E-state index contributed by atoms with van der Waals surface area (Å²) >= 11 is 12.4. The standard InChI is InChI=1S/C11H17Cl2N/c1-4-5-9-6-10(8(2)12)11(3,13)14-7-9/h6-8,14H,4-5H2,1-3H3. The summed E-state index contributed by atoms with van der Waals surface area (Å²) < 4.78 is 0. The third kappa shape index (κ3) is 2.68. The molecule has 1 rings (SSSR count). The second-order valence-electron chi connectivity index (χ2n) is 3.83. The van der Waals surface area contributed by atoms with Crippen molar-refractivity contribution < 1.29 is 0 Å². The molecule has 0 fully saturated rings. The third-order valence-electron chi connectivity index (χ3n) is 2.38. The molecule has 2 unspecified atom stereocenters. The van der Waals surface area contributed by atoms with Crippen molar-refractivity contribution in [2.24, 2.45) is 0 Å². The van der Waals surface area contributed by atoms with Crippen LogP contribution in [0.25, 0.3) is 0 Å². The number of hydrogen-bond acceptors (Lipinski definition) is 1. The summed E-state index contributed by atoms with van der Waals surface area (Å²) in [5.74, 6) is 0. The Morgan fingerprint density at radius 3 is 2.71 bits per heavy atom. The molecule has 0 saturated heterocycles. The average molecular weight is 234 g/mol. The van der Waals surface area contributed by atoms with Gasteiger partial charge in [-0.25, -0.2) is 0 Å². The van der Waals surface area contributed by atoms with Crippen molar-refractivity contribution >= 4 is 23.2 Å². The van der Waals surface area contributed by atoms with Gasteiger partial charge in [0.1, 0.15) is 5.00 Å². The first-order valence-corrected chi connectivity index (χ1v) is 5.80. The maximum atomic E-state index is 6.29. The van der Waals surface area contributed by atoms with Gasteiger partial charge in [-0.1, -0.05) is 31.0 Å². The predicted molar refractivity (Wildman–Crippen MR) is 63.8 cm³/mol. The van der Waals surface area contributed by atoms with Crippen LogP contribution in [0.4, 0.5) is 0 Å². The molecule has 1 heterocycles. The molecule has 0 aromatic carbocycles. The number of hydrogen-bond donors (Lipinski definition) is 1. The predicted octanol–water partition coefficient (Wildman–Crippen LogP) is 3.78. The maximum absolute atomic E-state index is 6.29. The van der Waals surface area contributed by atoms with E-state index in [9.17, 15) is 0 Å². The molecule has 0 aromatic heterocycles. The van der Waals surface area contributed by atoms with Gasteiger partial charge >= 0.3 is 0 Å². The first kappa shape index (κ1) is 11.9. The van der Waals surface area contributed by atoms with E-state index < -0.39 is 5.00 Å². The van der Waals surface area contributed by atoms with Crippen LogP contribution in [0.15, 0.2) is 23.4 Å². The second-order valence-corrected chi connectivity index (χ2v) is 5.24. The van der Waals surface area contributed by atoms with Crippen LogP contribution in [0, 0.1) is 0 Å². The van der Waals surface area contributed by atoms with E-state index in [0.29, 0.717) is 0 Å². The zero-order valence-electron chi connectivity index (χ0n) is 8.90. The summed E-state index contributed by atoms with van der Waals surface area (Å²) in [4.78, 5) is -0.529. The summed E-state index contributed by atoms with van der Waals surface area (Å²) in [5.41, 5.74) is 2.32. The van der Waals surface area contributed by atoms with Crippen LogP contribution in [0.1, 0.15) is 33.6 Å². The van der Waals surface area contributed by atoms with E-state index in [1.54, 1.807) is 0 Å². The van der Waals surface area contributed by atoms with Crippen molar-refractivity contribution in [3.05, 3.63) is 23.4 Å². The third-order valence-corrected chi connectivity index (χ3v) is 2.94. The van der Waals surface area contributed by atoms with Gasteiger partial charge in [-0.15, -0.1) is 11.6 Å². The van der Waals surface area contributed by atoms with Crippen LogP contribution in [-0.2, 0) is 0 Å². The fourth-order valence-electron chi connectivity index (χ4n) is 1.61. The molecular weight excluding hydrogens is 217 g/mol. The maximum Gasteiger partial charge on any atom is 0.132 e. The highest BCUT2D eigenvalue weighted by Gasteiger charge is 2.30. The van der Waals surface area contributed by atoms with Gasteiger partial charge in [0.25, 0.3) is 0 Å². The Hall–Kier alpha value is -0.140. The highest BCUT2D eigenvalue weighted by molar-refractivity contribution is 6.28. The van der Waals surface area contributed by atoms with Crippen molar-refractivity contribution in [1.29, 1.82) is 0 Å². The molecule has 0 aliphatic carbocycles. The average Bonchev–Trinajstić information content (AvgIpc) is 2.08. The zero-order valence-corrected chi connectivity index (χ0v) is 10.4. The lowest BCUT2D eigenvalue weighted by Crippen LogP contribution is -2.39. The van der Waals surface area contributed by atoms with E-state index in [2.05, 4.69) is 18.3 Å². The summed E-state index contributed by atoms with van der Waals surface area (Å²) in [5, 5.41) is 3.14. The lowest BCUT2D eigenvalue weighted by atomic mass is 9.97. The van der Waals surface area contributed by atoms with Crippen molar-refractivity contribution in [2.75, 3.05) is 0 Å². The van der Waals surface area contributed by atoms with E-state index in [1.807, 2.05) is 20.0 Å². The first-order valence-electron chi connectivity index (χ1n) is 4.99. The molecule has 0 amide bonds. The Morgan fingerprint density at radius 1 is 1.57 bits per heavy atom. The van der Waals surface area contributed by atoms with Crippen LogP contribution < -0.4 is 5.32 Å². The quantitative estimate of drug-likeness (QED) is 0.578. The molecule has 0 saturated carbocycles. The first-order chi connectivity index (χ1) is 6.47. The van der Waals surface area contributed by atoms with Crippen molar-refractivity contribution in [1.82, 2.24) is 5.32 Å². The Bertz CT molecular complexity index is 264. The van der Waals surface area contributed by atoms with Gasteiger partial charge in [-0.05, 0) is 31.4 Å². The van der Waals surface area contributed by atoms with E-state index in [4.69, 9.17) is 23.2 Å². The van der Waals surface area contributed by atoms with Crippen LogP contribution in [0.5, 0.6) is 0 Å². The summed E-state index contributed by atoms with van der Waals surface area (Å²) in [6, 6.07) is 0. The van der Waals surface area contributed by atoms with Crippen LogP contribution in [0.3, 0.4) is 0 Å². The molecule has 1 aliphatic rings. The van der Waals surface area contributed by atoms with E-state index >= 15 is 0 Å². The Balaban J connectivity index is 2.88. The molecule has 1 N–H and O–H groups in total. The van der Waals surface area contributed by atoms with E-state index in [1.165, 1.54) is 5.57 Å². The number of nitrogens with one attached hydrogen (secondary N) is 1. The minimum absolute atomic E-state index is 0.0365. The fourth-order valence-corrected chi connectivity index (χ4v) is 2.22. The molecule has 14 heavy (non-hydrogen) atoms. The van der Waals surface area contributed by atoms with Gasteiger partial charge in [0.15, 0.2) is 0 Å². The highest BCUT2D eigenvalue weighted by Crippen LogP contribution is 2.32. The monoisotopic (exact) mass is 233 g/mol. The van der Waals surface area contributed by atoms with Crippen LogP contribution in [-0.4, -0.2) is 10.4 Å². The molecule has 0 aromatic rings. The van der Waals surface area contributed by atoms with Gasteiger partial charge in [-0.2, -0.15) is 0 Å².